The summed E-state index contributed by atoms with van der Waals surface area (Å²) in [6.45, 7) is 7.09. The number of nitrogens with zero attached hydrogens (tertiary/aromatic N) is 1. The smallest absolute Gasteiger partial charge is 0.141 e. The van der Waals surface area contributed by atoms with Gasteiger partial charge in [-0.3, -0.25) is 4.98 Å². The van der Waals surface area contributed by atoms with Crippen LogP contribution in [0.2, 0.25) is 0 Å². The molecule has 0 fully saturated rings. The van der Waals surface area contributed by atoms with Crippen molar-refractivity contribution in [2.24, 2.45) is 0 Å². The molecule has 0 spiro atoms. The number of hydrogen-bond donors (Lipinski definition) is 1. The summed E-state index contributed by atoms with van der Waals surface area (Å²) in [4.78, 5) is 6.44. The lowest BCUT2D eigenvalue weighted by Crippen LogP contribution is -2.21. The highest BCUT2D eigenvalue weighted by Gasteiger charge is 2.16. The minimum absolute atomic E-state index is 0.0237. The van der Waals surface area contributed by atoms with Gasteiger partial charge in [0.15, 0.2) is 0 Å². The van der Waals surface area contributed by atoms with Crippen molar-refractivity contribution in [1.82, 2.24) is 10.3 Å². The molecule has 2 aromatic heterocycles. The van der Waals surface area contributed by atoms with Crippen LogP contribution in [0.5, 0.6) is 0 Å². The van der Waals surface area contributed by atoms with E-state index in [1.165, 1.54) is 21.5 Å². The van der Waals surface area contributed by atoms with E-state index in [2.05, 4.69) is 30.2 Å². The quantitative estimate of drug-likeness (QED) is 0.912. The van der Waals surface area contributed by atoms with Crippen molar-refractivity contribution >= 4 is 11.3 Å². The standard InChI is InChI=1S/C14H17FN2S/c1-4-17-14(11-6-12(15)8-16-7-11)13-5-9(2)10(3)18-13/h5-8,14,17H,4H2,1-3H3. The van der Waals surface area contributed by atoms with Gasteiger partial charge in [-0.15, -0.1) is 11.3 Å². The number of halogens is 1. The van der Waals surface area contributed by atoms with Gasteiger partial charge >= 0.3 is 0 Å². The molecule has 1 unspecified atom stereocenters. The molecule has 0 saturated heterocycles. The molecule has 0 bridgehead atoms. The van der Waals surface area contributed by atoms with Crippen molar-refractivity contribution in [3.8, 4) is 0 Å². The Morgan fingerprint density at radius 2 is 2.11 bits per heavy atom. The zero-order valence-electron chi connectivity index (χ0n) is 10.8. The van der Waals surface area contributed by atoms with Gasteiger partial charge in [-0.2, -0.15) is 0 Å². The third-order valence-electron chi connectivity index (χ3n) is 2.94. The minimum atomic E-state index is -0.291. The number of hydrogen-bond acceptors (Lipinski definition) is 3. The fourth-order valence-corrected chi connectivity index (χ4v) is 3.06. The Morgan fingerprint density at radius 3 is 2.67 bits per heavy atom. The van der Waals surface area contributed by atoms with Crippen LogP contribution < -0.4 is 5.32 Å². The maximum Gasteiger partial charge on any atom is 0.141 e. The summed E-state index contributed by atoms with van der Waals surface area (Å²) in [5, 5.41) is 3.39. The number of pyridine rings is 1. The van der Waals surface area contributed by atoms with Gasteiger partial charge in [0.1, 0.15) is 5.82 Å². The van der Waals surface area contributed by atoms with Crippen LogP contribution in [0.25, 0.3) is 0 Å². The minimum Gasteiger partial charge on any atom is -0.306 e. The van der Waals surface area contributed by atoms with Gasteiger partial charge in [-0.25, -0.2) is 4.39 Å². The molecular formula is C14H17FN2S. The second kappa shape index (κ2) is 5.59. The molecule has 1 atom stereocenters. The number of aryl methyl sites for hydroxylation is 2. The summed E-state index contributed by atoms with van der Waals surface area (Å²) in [7, 11) is 0. The topological polar surface area (TPSA) is 24.9 Å². The molecule has 0 saturated carbocycles. The Labute approximate surface area is 111 Å². The summed E-state index contributed by atoms with van der Waals surface area (Å²) in [5.41, 5.74) is 2.15. The van der Waals surface area contributed by atoms with Crippen molar-refractivity contribution in [2.45, 2.75) is 26.8 Å². The first-order valence-corrected chi connectivity index (χ1v) is 6.84. The van der Waals surface area contributed by atoms with Crippen LogP contribution >= 0.6 is 11.3 Å². The average molecular weight is 264 g/mol. The molecule has 18 heavy (non-hydrogen) atoms. The third kappa shape index (κ3) is 2.76. The van der Waals surface area contributed by atoms with E-state index in [1.54, 1.807) is 23.6 Å². The first-order chi connectivity index (χ1) is 8.61. The molecule has 0 aromatic carbocycles. The Morgan fingerprint density at radius 1 is 1.33 bits per heavy atom. The first kappa shape index (κ1) is 13.2. The summed E-state index contributed by atoms with van der Waals surface area (Å²) in [6.07, 6.45) is 2.96. The Kier molecular flexibility index (Phi) is 4.09. The van der Waals surface area contributed by atoms with Gasteiger partial charge in [0.05, 0.1) is 12.2 Å². The molecule has 0 aliphatic carbocycles. The van der Waals surface area contributed by atoms with Gasteiger partial charge in [0, 0.05) is 16.0 Å². The maximum atomic E-state index is 13.3. The predicted octanol–water partition coefficient (Wildman–Crippen LogP) is 3.60. The molecule has 0 aliphatic rings. The van der Waals surface area contributed by atoms with Crippen LogP contribution in [0.15, 0.2) is 24.5 Å². The number of nitrogens with one attached hydrogen (secondary N) is 1. The normalized spacial score (nSPS) is 12.7. The van der Waals surface area contributed by atoms with E-state index in [-0.39, 0.29) is 11.9 Å². The Hall–Kier alpha value is -1.26. The van der Waals surface area contributed by atoms with Gasteiger partial charge in [0.2, 0.25) is 0 Å². The summed E-state index contributed by atoms with van der Waals surface area (Å²) in [5.74, 6) is -0.291. The highest BCUT2D eigenvalue weighted by atomic mass is 32.1. The Balaban J connectivity index is 2.39. The van der Waals surface area contributed by atoms with E-state index in [0.29, 0.717) is 0 Å². The second-order valence-corrected chi connectivity index (χ2v) is 5.60. The van der Waals surface area contributed by atoms with Crippen LogP contribution in [-0.4, -0.2) is 11.5 Å². The van der Waals surface area contributed by atoms with Crippen molar-refractivity contribution in [2.75, 3.05) is 6.54 Å². The molecule has 96 valence electrons. The zero-order valence-corrected chi connectivity index (χ0v) is 11.6. The van der Waals surface area contributed by atoms with Gasteiger partial charge < -0.3 is 5.32 Å². The molecule has 0 radical (unpaired) electrons. The molecule has 2 heterocycles. The first-order valence-electron chi connectivity index (χ1n) is 6.02. The highest BCUT2D eigenvalue weighted by molar-refractivity contribution is 7.12. The second-order valence-electron chi connectivity index (χ2n) is 4.32. The van der Waals surface area contributed by atoms with Crippen molar-refractivity contribution in [1.29, 1.82) is 0 Å². The lowest BCUT2D eigenvalue weighted by molar-refractivity contribution is 0.599. The monoisotopic (exact) mass is 264 g/mol. The largest absolute Gasteiger partial charge is 0.306 e. The van der Waals surface area contributed by atoms with E-state index in [0.717, 1.165) is 12.1 Å². The van der Waals surface area contributed by atoms with Crippen LogP contribution in [0.3, 0.4) is 0 Å². The predicted molar refractivity (Wildman–Crippen MR) is 73.5 cm³/mol. The van der Waals surface area contributed by atoms with Gasteiger partial charge in [0.25, 0.3) is 0 Å². The van der Waals surface area contributed by atoms with Crippen LogP contribution in [0.1, 0.15) is 33.8 Å². The van der Waals surface area contributed by atoms with Gasteiger partial charge in [-0.1, -0.05) is 6.92 Å². The van der Waals surface area contributed by atoms with E-state index < -0.39 is 0 Å². The third-order valence-corrected chi connectivity index (χ3v) is 4.15. The summed E-state index contributed by atoms with van der Waals surface area (Å²) < 4.78 is 13.3. The number of rotatable bonds is 4. The lowest BCUT2D eigenvalue weighted by atomic mass is 10.1. The van der Waals surface area contributed by atoms with E-state index in [1.807, 2.05) is 6.92 Å². The maximum absolute atomic E-state index is 13.3. The molecule has 0 amide bonds. The molecule has 2 rings (SSSR count). The molecular weight excluding hydrogens is 247 g/mol. The summed E-state index contributed by atoms with van der Waals surface area (Å²) in [6, 6.07) is 3.73. The average Bonchev–Trinajstić information content (AvgIpc) is 2.66. The highest BCUT2D eigenvalue weighted by Crippen LogP contribution is 2.30. The zero-order chi connectivity index (χ0) is 13.1. The number of thiophene rings is 1. The lowest BCUT2D eigenvalue weighted by Gasteiger charge is -2.16. The van der Waals surface area contributed by atoms with E-state index in [9.17, 15) is 4.39 Å². The van der Waals surface area contributed by atoms with E-state index in [4.69, 9.17) is 0 Å². The van der Waals surface area contributed by atoms with E-state index >= 15 is 0 Å². The van der Waals surface area contributed by atoms with Crippen molar-refractivity contribution < 1.29 is 4.39 Å². The van der Waals surface area contributed by atoms with Crippen LogP contribution in [0.4, 0.5) is 4.39 Å². The number of aromatic nitrogens is 1. The van der Waals surface area contributed by atoms with Crippen LogP contribution in [-0.2, 0) is 0 Å². The summed E-state index contributed by atoms with van der Waals surface area (Å²) >= 11 is 1.75. The molecule has 0 aliphatic heterocycles. The SMILES string of the molecule is CCNC(c1cncc(F)c1)c1cc(C)c(C)s1. The molecule has 1 N–H and O–H groups in total. The Bertz CT molecular complexity index is 517. The molecule has 2 nitrogen and oxygen atoms in total. The van der Waals surface area contributed by atoms with Crippen molar-refractivity contribution in [3.63, 3.8) is 0 Å². The van der Waals surface area contributed by atoms with Crippen LogP contribution in [0, 0.1) is 19.7 Å². The van der Waals surface area contributed by atoms with Gasteiger partial charge in [-0.05, 0) is 43.7 Å². The molecule has 4 heteroatoms. The molecule has 2 aromatic rings. The van der Waals surface area contributed by atoms with Crippen molar-refractivity contribution in [3.05, 3.63) is 51.2 Å². The fraction of sp³-hybridized carbons (Fsp3) is 0.357. The fourth-order valence-electron chi connectivity index (χ4n) is 1.92.